The summed E-state index contributed by atoms with van der Waals surface area (Å²) in [5.74, 6) is -1.12. The van der Waals surface area contributed by atoms with Crippen LogP contribution in [0.15, 0.2) is 36.5 Å². The van der Waals surface area contributed by atoms with Gasteiger partial charge in [0.25, 0.3) is 0 Å². The average Bonchev–Trinajstić information content (AvgIpc) is 3.13. The van der Waals surface area contributed by atoms with Crippen molar-refractivity contribution in [3.63, 3.8) is 0 Å². The van der Waals surface area contributed by atoms with Gasteiger partial charge in [0.15, 0.2) is 6.10 Å². The van der Waals surface area contributed by atoms with Crippen LogP contribution in [0.5, 0.6) is 0 Å². The second-order valence-corrected chi connectivity index (χ2v) is 15.2. The molecule has 6 N–H and O–H groups in total. The number of phosphoric ester groups is 1. The fourth-order valence-electron chi connectivity index (χ4n) is 5.77. The largest absolute Gasteiger partial charge is 0.472 e. The summed E-state index contributed by atoms with van der Waals surface area (Å²) in [4.78, 5) is 35.4. The molecule has 13 nitrogen and oxygen atoms in total. The topological polar surface area (TPSA) is 210 Å². The maximum absolute atomic E-state index is 12.7. The van der Waals surface area contributed by atoms with Crippen molar-refractivity contribution in [3.8, 4) is 0 Å². The van der Waals surface area contributed by atoms with E-state index in [1.54, 1.807) is 0 Å². The van der Waals surface area contributed by atoms with Crippen LogP contribution in [0.2, 0.25) is 0 Å². The van der Waals surface area contributed by atoms with Gasteiger partial charge in [0.1, 0.15) is 43.2 Å². The van der Waals surface area contributed by atoms with E-state index in [4.69, 9.17) is 18.5 Å². The molecule has 0 aliphatic heterocycles. The highest BCUT2D eigenvalue weighted by molar-refractivity contribution is 7.47. The van der Waals surface area contributed by atoms with Crippen LogP contribution in [-0.4, -0.2) is 98.3 Å². The molecule has 0 heterocycles. The zero-order valence-corrected chi connectivity index (χ0v) is 32.9. The molecule has 1 fully saturated rings. The minimum absolute atomic E-state index is 0.0778. The van der Waals surface area contributed by atoms with Crippen molar-refractivity contribution in [1.82, 2.24) is 0 Å². The predicted octanol–water partition coefficient (Wildman–Crippen LogP) is 6.27. The average molecular weight is 777 g/mol. The standard InChI is InChI=1S/C39H69O13P/c1-3-5-7-9-11-13-14-15-16-17-18-20-22-24-26-28-33(41)51-31(29-49-32(40)27-25-23-21-19-12-10-8-6-4-2)30-50-53(47,48)52-39-37(45)35(43)34(42)36(44)38(39)46/h5,7,11,13,15-16,31,34-39,42-46H,3-4,6,8-10,12,14,17-30H2,1-2H3,(H,47,48)/b7-5-,13-11-,16-15-. The van der Waals surface area contributed by atoms with Crippen LogP contribution in [0.4, 0.5) is 0 Å². The molecule has 0 bridgehead atoms. The fourth-order valence-corrected chi connectivity index (χ4v) is 6.74. The van der Waals surface area contributed by atoms with Gasteiger partial charge in [0.05, 0.1) is 6.61 Å². The molecule has 1 rings (SSSR count). The Hall–Kier alpha value is -1.93. The normalized spacial score (nSPS) is 23.8. The predicted molar refractivity (Wildman–Crippen MR) is 203 cm³/mol. The molecule has 0 aromatic rings. The lowest BCUT2D eigenvalue weighted by Gasteiger charge is -2.41. The number of hydrogen-bond donors (Lipinski definition) is 6. The van der Waals surface area contributed by atoms with E-state index in [-0.39, 0.29) is 12.8 Å². The third-order valence-electron chi connectivity index (χ3n) is 9.00. The molecule has 1 aliphatic rings. The third-order valence-corrected chi connectivity index (χ3v) is 9.98. The highest BCUT2D eigenvalue weighted by Gasteiger charge is 2.51. The first-order chi connectivity index (χ1) is 25.4. The lowest BCUT2D eigenvalue weighted by molar-refractivity contribution is -0.220. The SMILES string of the molecule is CC/C=C\C/C=C\C/C=C\CCCCCCCC(=O)OC(COC(=O)CCCCCCCCCCC)COP(=O)(O)OC1C(O)C(O)C(O)C(O)C1O. The van der Waals surface area contributed by atoms with Gasteiger partial charge in [-0.2, -0.15) is 0 Å². The van der Waals surface area contributed by atoms with Crippen LogP contribution >= 0.6 is 7.82 Å². The summed E-state index contributed by atoms with van der Waals surface area (Å²) < 4.78 is 33.3. The lowest BCUT2D eigenvalue weighted by atomic mass is 9.85. The van der Waals surface area contributed by atoms with E-state index < -0.39 is 75.7 Å². The first-order valence-corrected chi connectivity index (χ1v) is 21.3. The van der Waals surface area contributed by atoms with Crippen LogP contribution in [0.1, 0.15) is 142 Å². The van der Waals surface area contributed by atoms with Crippen molar-refractivity contribution in [1.29, 1.82) is 0 Å². The van der Waals surface area contributed by atoms with Crippen molar-refractivity contribution in [3.05, 3.63) is 36.5 Å². The van der Waals surface area contributed by atoms with E-state index >= 15 is 0 Å². The Bertz CT molecular complexity index is 1080. The summed E-state index contributed by atoms with van der Waals surface area (Å²) in [6.45, 7) is 3.11. The Labute approximate surface area is 317 Å². The quantitative estimate of drug-likeness (QED) is 0.0199. The van der Waals surface area contributed by atoms with Crippen molar-refractivity contribution in [2.24, 2.45) is 0 Å². The molecule has 0 amide bonds. The molecule has 14 heteroatoms. The van der Waals surface area contributed by atoms with E-state index in [1.165, 1.54) is 32.1 Å². The van der Waals surface area contributed by atoms with Crippen LogP contribution in [-0.2, 0) is 32.7 Å². The Morgan fingerprint density at radius 3 is 1.64 bits per heavy atom. The van der Waals surface area contributed by atoms with Gasteiger partial charge in [-0.1, -0.05) is 121 Å². The molecule has 6 unspecified atom stereocenters. The smallest absolute Gasteiger partial charge is 0.462 e. The molecule has 0 radical (unpaired) electrons. The second-order valence-electron chi connectivity index (χ2n) is 13.8. The van der Waals surface area contributed by atoms with Gasteiger partial charge >= 0.3 is 19.8 Å². The molecule has 53 heavy (non-hydrogen) atoms. The number of unbranched alkanes of at least 4 members (excludes halogenated alkanes) is 13. The third kappa shape index (κ3) is 23.6. The van der Waals surface area contributed by atoms with E-state index in [1.807, 2.05) is 0 Å². The van der Waals surface area contributed by atoms with Gasteiger partial charge in [0.2, 0.25) is 0 Å². The Kier molecular flexibility index (Phi) is 28.1. The molecule has 308 valence electrons. The van der Waals surface area contributed by atoms with Gasteiger partial charge in [-0.15, -0.1) is 0 Å². The van der Waals surface area contributed by atoms with Crippen LogP contribution < -0.4 is 0 Å². The van der Waals surface area contributed by atoms with E-state index in [9.17, 15) is 44.6 Å². The first kappa shape index (κ1) is 49.1. The number of hydrogen-bond acceptors (Lipinski definition) is 12. The number of aliphatic hydroxyl groups excluding tert-OH is 5. The van der Waals surface area contributed by atoms with Crippen LogP contribution in [0.3, 0.4) is 0 Å². The number of carbonyl (C=O) groups excluding carboxylic acids is 2. The number of esters is 2. The van der Waals surface area contributed by atoms with Crippen LogP contribution in [0, 0.1) is 0 Å². The molecular weight excluding hydrogens is 707 g/mol. The maximum atomic E-state index is 12.7. The number of aliphatic hydroxyl groups is 5. The van der Waals surface area contributed by atoms with Gasteiger partial charge in [-0.05, 0) is 44.9 Å². The number of ether oxygens (including phenoxy) is 2. The van der Waals surface area contributed by atoms with Gasteiger partial charge in [0, 0.05) is 12.8 Å². The highest BCUT2D eigenvalue weighted by Crippen LogP contribution is 2.47. The highest BCUT2D eigenvalue weighted by atomic mass is 31.2. The molecular formula is C39H69O13P. The number of allylic oxidation sites excluding steroid dienone is 6. The molecule has 0 aromatic carbocycles. The summed E-state index contributed by atoms with van der Waals surface area (Å²) in [7, 11) is -5.11. The fraction of sp³-hybridized carbons (Fsp3) is 0.795. The summed E-state index contributed by atoms with van der Waals surface area (Å²) in [5.41, 5.74) is 0. The Balaban J connectivity index is 2.54. The molecule has 1 saturated carbocycles. The first-order valence-electron chi connectivity index (χ1n) is 19.8. The van der Waals surface area contributed by atoms with Crippen LogP contribution in [0.25, 0.3) is 0 Å². The van der Waals surface area contributed by atoms with Crippen molar-refractivity contribution >= 4 is 19.8 Å². The summed E-state index contributed by atoms with van der Waals surface area (Å²) >= 11 is 0. The van der Waals surface area contributed by atoms with E-state index in [0.29, 0.717) is 12.8 Å². The monoisotopic (exact) mass is 776 g/mol. The van der Waals surface area contributed by atoms with Gasteiger partial charge in [-0.3, -0.25) is 18.6 Å². The van der Waals surface area contributed by atoms with Crippen molar-refractivity contribution in [2.45, 2.75) is 185 Å². The zero-order valence-electron chi connectivity index (χ0n) is 32.1. The van der Waals surface area contributed by atoms with Gasteiger partial charge < -0.3 is 39.9 Å². The summed E-state index contributed by atoms with van der Waals surface area (Å²) in [6.07, 6.45) is 18.0. The zero-order chi connectivity index (χ0) is 39.3. The van der Waals surface area contributed by atoms with E-state index in [2.05, 4.69) is 50.3 Å². The molecule has 1 aliphatic carbocycles. The van der Waals surface area contributed by atoms with Crippen molar-refractivity contribution in [2.75, 3.05) is 13.2 Å². The number of carbonyl (C=O) groups is 2. The maximum Gasteiger partial charge on any atom is 0.472 e. The number of phosphoric acid groups is 1. The Morgan fingerprint density at radius 2 is 1.08 bits per heavy atom. The van der Waals surface area contributed by atoms with E-state index in [0.717, 1.165) is 70.6 Å². The molecule has 0 saturated heterocycles. The second kappa shape index (κ2) is 30.3. The Morgan fingerprint density at radius 1 is 0.604 bits per heavy atom. The minimum atomic E-state index is -5.11. The van der Waals surface area contributed by atoms with Gasteiger partial charge in [-0.25, -0.2) is 4.57 Å². The van der Waals surface area contributed by atoms with Crippen molar-refractivity contribution < 1.29 is 63.1 Å². The summed E-state index contributed by atoms with van der Waals surface area (Å²) in [6, 6.07) is 0. The minimum Gasteiger partial charge on any atom is -0.462 e. The molecule has 6 atom stereocenters. The summed E-state index contributed by atoms with van der Waals surface area (Å²) in [5, 5.41) is 49.9. The molecule has 0 aromatic heterocycles. The number of rotatable bonds is 31. The molecule has 0 spiro atoms. The lowest BCUT2D eigenvalue weighted by Crippen LogP contribution is -2.64.